The maximum absolute atomic E-state index is 12.1. The van der Waals surface area contributed by atoms with E-state index in [0.717, 1.165) is 45.1 Å². The van der Waals surface area contributed by atoms with Gasteiger partial charge in [0.1, 0.15) is 0 Å². The van der Waals surface area contributed by atoms with Gasteiger partial charge in [0.15, 0.2) is 0 Å². The predicted molar refractivity (Wildman–Crippen MR) is 93.4 cm³/mol. The van der Waals surface area contributed by atoms with E-state index >= 15 is 0 Å². The van der Waals surface area contributed by atoms with E-state index in [-0.39, 0.29) is 5.91 Å². The second kappa shape index (κ2) is 7.93. The van der Waals surface area contributed by atoms with Crippen LogP contribution in [-0.2, 0) is 11.2 Å². The SMILES string of the molecule is C[C@H](NC(=O)CN1CCN(CCc2ccccc2)CC1)C1CC1. The van der Waals surface area contributed by atoms with Gasteiger partial charge in [0.05, 0.1) is 6.54 Å². The molecule has 1 aromatic rings. The Balaban J connectivity index is 1.32. The summed E-state index contributed by atoms with van der Waals surface area (Å²) in [5, 5.41) is 3.15. The molecule has 4 nitrogen and oxygen atoms in total. The highest BCUT2D eigenvalue weighted by atomic mass is 16.2. The van der Waals surface area contributed by atoms with Crippen molar-refractivity contribution in [3.63, 3.8) is 0 Å². The van der Waals surface area contributed by atoms with Crippen LogP contribution in [0.25, 0.3) is 0 Å². The van der Waals surface area contributed by atoms with Crippen LogP contribution < -0.4 is 5.32 Å². The van der Waals surface area contributed by atoms with Gasteiger partial charge in [-0.25, -0.2) is 0 Å². The van der Waals surface area contributed by atoms with Crippen molar-refractivity contribution in [2.24, 2.45) is 5.92 Å². The molecule has 1 aromatic carbocycles. The molecule has 2 fully saturated rings. The number of hydrogen-bond donors (Lipinski definition) is 1. The van der Waals surface area contributed by atoms with Crippen LogP contribution in [0.2, 0.25) is 0 Å². The highest BCUT2D eigenvalue weighted by molar-refractivity contribution is 5.78. The Labute approximate surface area is 139 Å². The van der Waals surface area contributed by atoms with Gasteiger partial charge in [-0.3, -0.25) is 9.69 Å². The van der Waals surface area contributed by atoms with Crippen molar-refractivity contribution >= 4 is 5.91 Å². The van der Waals surface area contributed by atoms with Gasteiger partial charge >= 0.3 is 0 Å². The molecule has 23 heavy (non-hydrogen) atoms. The lowest BCUT2D eigenvalue weighted by Gasteiger charge is -2.34. The maximum atomic E-state index is 12.1. The summed E-state index contributed by atoms with van der Waals surface area (Å²) in [6.07, 6.45) is 3.67. The molecule has 0 aromatic heterocycles. The minimum atomic E-state index is 0.196. The molecule has 4 heteroatoms. The summed E-state index contributed by atoms with van der Waals surface area (Å²) in [4.78, 5) is 16.9. The van der Waals surface area contributed by atoms with Gasteiger partial charge in [-0.15, -0.1) is 0 Å². The van der Waals surface area contributed by atoms with Crippen LogP contribution in [0.4, 0.5) is 0 Å². The fourth-order valence-corrected chi connectivity index (χ4v) is 3.32. The number of amides is 1. The normalized spacial score (nSPS) is 21.1. The number of benzene rings is 1. The topological polar surface area (TPSA) is 35.6 Å². The molecule has 0 bridgehead atoms. The minimum absolute atomic E-state index is 0.196. The first-order valence-electron chi connectivity index (χ1n) is 8.99. The van der Waals surface area contributed by atoms with E-state index < -0.39 is 0 Å². The molecule has 1 saturated carbocycles. The smallest absolute Gasteiger partial charge is 0.234 e. The number of nitrogens with one attached hydrogen (secondary N) is 1. The fraction of sp³-hybridized carbons (Fsp3) is 0.632. The first-order chi connectivity index (χ1) is 11.2. The molecule has 1 atom stereocenters. The lowest BCUT2D eigenvalue weighted by atomic mass is 10.1. The molecule has 126 valence electrons. The van der Waals surface area contributed by atoms with Crippen molar-refractivity contribution < 1.29 is 4.79 Å². The minimum Gasteiger partial charge on any atom is -0.352 e. The molecule has 1 heterocycles. The summed E-state index contributed by atoms with van der Waals surface area (Å²) >= 11 is 0. The standard InChI is InChI=1S/C19H29N3O/c1-16(18-7-8-18)20-19(23)15-22-13-11-21(12-14-22)10-9-17-5-3-2-4-6-17/h2-6,16,18H,7-15H2,1H3,(H,20,23)/t16-/m0/s1. The lowest BCUT2D eigenvalue weighted by Crippen LogP contribution is -2.50. The molecular formula is C19H29N3O. The highest BCUT2D eigenvalue weighted by Gasteiger charge is 2.29. The van der Waals surface area contributed by atoms with Crippen molar-refractivity contribution in [2.75, 3.05) is 39.3 Å². The first-order valence-corrected chi connectivity index (χ1v) is 8.99. The summed E-state index contributed by atoms with van der Waals surface area (Å²) in [7, 11) is 0. The van der Waals surface area contributed by atoms with E-state index in [2.05, 4.69) is 52.4 Å². The number of carbonyl (C=O) groups is 1. The van der Waals surface area contributed by atoms with Gasteiger partial charge in [0.25, 0.3) is 0 Å². The van der Waals surface area contributed by atoms with E-state index in [1.54, 1.807) is 0 Å². The fourth-order valence-electron chi connectivity index (χ4n) is 3.32. The Morgan fingerprint density at radius 1 is 1.13 bits per heavy atom. The predicted octanol–water partition coefficient (Wildman–Crippen LogP) is 1.76. The van der Waals surface area contributed by atoms with Crippen LogP contribution >= 0.6 is 0 Å². The summed E-state index contributed by atoms with van der Waals surface area (Å²) in [6, 6.07) is 11.0. The van der Waals surface area contributed by atoms with E-state index in [4.69, 9.17) is 0 Å². The van der Waals surface area contributed by atoms with Crippen LogP contribution in [-0.4, -0.2) is 61.0 Å². The molecule has 1 aliphatic heterocycles. The molecule has 2 aliphatic rings. The second-order valence-corrected chi connectivity index (χ2v) is 7.05. The van der Waals surface area contributed by atoms with Gasteiger partial charge in [-0.2, -0.15) is 0 Å². The Bertz CT molecular complexity index is 493. The molecule has 1 amide bonds. The first kappa shape index (κ1) is 16.5. The van der Waals surface area contributed by atoms with Gasteiger partial charge in [-0.05, 0) is 37.7 Å². The average Bonchev–Trinajstić information content (AvgIpc) is 3.40. The van der Waals surface area contributed by atoms with Crippen LogP contribution in [0.5, 0.6) is 0 Å². The molecule has 0 radical (unpaired) electrons. The van der Waals surface area contributed by atoms with Crippen LogP contribution in [0.1, 0.15) is 25.3 Å². The van der Waals surface area contributed by atoms with Crippen LogP contribution in [0, 0.1) is 5.92 Å². The van der Waals surface area contributed by atoms with Gasteiger partial charge in [-0.1, -0.05) is 30.3 Å². The quantitative estimate of drug-likeness (QED) is 0.833. The van der Waals surface area contributed by atoms with E-state index in [9.17, 15) is 4.79 Å². The average molecular weight is 315 g/mol. The summed E-state index contributed by atoms with van der Waals surface area (Å²) in [5.74, 6) is 0.927. The van der Waals surface area contributed by atoms with Crippen molar-refractivity contribution in [1.29, 1.82) is 0 Å². The number of nitrogens with zero attached hydrogens (tertiary/aromatic N) is 2. The Morgan fingerprint density at radius 2 is 1.78 bits per heavy atom. The van der Waals surface area contributed by atoms with Gasteiger partial charge in [0.2, 0.25) is 5.91 Å². The summed E-state index contributed by atoms with van der Waals surface area (Å²) < 4.78 is 0. The van der Waals surface area contributed by atoms with Crippen LogP contribution in [0.3, 0.4) is 0 Å². The molecule has 3 rings (SSSR count). The zero-order valence-electron chi connectivity index (χ0n) is 14.2. The maximum Gasteiger partial charge on any atom is 0.234 e. The van der Waals surface area contributed by atoms with Crippen LogP contribution in [0.15, 0.2) is 30.3 Å². The molecule has 1 aliphatic carbocycles. The Kier molecular flexibility index (Phi) is 5.68. The van der Waals surface area contributed by atoms with Crippen molar-refractivity contribution in [2.45, 2.75) is 32.2 Å². The monoisotopic (exact) mass is 315 g/mol. The number of hydrogen-bond acceptors (Lipinski definition) is 3. The van der Waals surface area contributed by atoms with E-state index in [0.29, 0.717) is 12.6 Å². The largest absolute Gasteiger partial charge is 0.352 e. The number of rotatable bonds is 7. The Morgan fingerprint density at radius 3 is 2.43 bits per heavy atom. The Hall–Kier alpha value is -1.39. The number of carbonyl (C=O) groups excluding carboxylic acids is 1. The van der Waals surface area contributed by atoms with Crippen molar-refractivity contribution in [3.8, 4) is 0 Å². The molecule has 1 N–H and O–H groups in total. The highest BCUT2D eigenvalue weighted by Crippen LogP contribution is 2.32. The molecule has 1 saturated heterocycles. The third-order valence-electron chi connectivity index (χ3n) is 5.11. The molecule has 0 spiro atoms. The molecular weight excluding hydrogens is 286 g/mol. The third kappa shape index (κ3) is 5.33. The summed E-state index contributed by atoms with van der Waals surface area (Å²) in [5.41, 5.74) is 1.41. The third-order valence-corrected chi connectivity index (χ3v) is 5.11. The van der Waals surface area contributed by atoms with Gasteiger partial charge < -0.3 is 10.2 Å². The van der Waals surface area contributed by atoms with E-state index in [1.165, 1.54) is 18.4 Å². The summed E-state index contributed by atoms with van der Waals surface area (Å²) in [6.45, 7) is 7.94. The molecule has 0 unspecified atom stereocenters. The van der Waals surface area contributed by atoms with Crippen molar-refractivity contribution in [1.82, 2.24) is 15.1 Å². The van der Waals surface area contributed by atoms with Gasteiger partial charge in [0, 0.05) is 38.8 Å². The van der Waals surface area contributed by atoms with Crippen molar-refractivity contribution in [3.05, 3.63) is 35.9 Å². The number of piperazine rings is 1. The lowest BCUT2D eigenvalue weighted by molar-refractivity contribution is -0.123. The van der Waals surface area contributed by atoms with E-state index in [1.807, 2.05) is 0 Å². The second-order valence-electron chi connectivity index (χ2n) is 7.05. The zero-order valence-corrected chi connectivity index (χ0v) is 14.2. The zero-order chi connectivity index (χ0) is 16.1.